The SMILES string of the molecule is CC(O)CC1OCc2ccccc2CO1. The standard InChI is InChI=1S/C12H16O3/c1-9(13)6-12-14-7-10-4-2-3-5-11(10)8-15-12/h2-5,9,12-13H,6-8H2,1H3. The second-order valence-corrected chi connectivity index (χ2v) is 3.91. The molecule has 2 rings (SSSR count). The van der Waals surface area contributed by atoms with Crippen molar-refractivity contribution in [3.63, 3.8) is 0 Å². The van der Waals surface area contributed by atoms with Crippen molar-refractivity contribution >= 4 is 0 Å². The van der Waals surface area contributed by atoms with E-state index in [0.717, 1.165) is 0 Å². The van der Waals surface area contributed by atoms with Gasteiger partial charge in [0.15, 0.2) is 6.29 Å². The Kier molecular flexibility index (Phi) is 3.36. The molecule has 3 nitrogen and oxygen atoms in total. The van der Waals surface area contributed by atoms with E-state index >= 15 is 0 Å². The molecule has 82 valence electrons. The number of benzene rings is 1. The molecule has 0 amide bonds. The van der Waals surface area contributed by atoms with Gasteiger partial charge in [-0.25, -0.2) is 0 Å². The van der Waals surface area contributed by atoms with Gasteiger partial charge in [-0.1, -0.05) is 24.3 Å². The summed E-state index contributed by atoms with van der Waals surface area (Å²) >= 11 is 0. The summed E-state index contributed by atoms with van der Waals surface area (Å²) in [7, 11) is 0. The summed E-state index contributed by atoms with van der Waals surface area (Å²) in [6, 6.07) is 8.08. The highest BCUT2D eigenvalue weighted by atomic mass is 16.7. The lowest BCUT2D eigenvalue weighted by Gasteiger charge is -2.16. The Bertz CT molecular complexity index is 295. The first-order valence-corrected chi connectivity index (χ1v) is 5.24. The van der Waals surface area contributed by atoms with Crippen LogP contribution in [0.4, 0.5) is 0 Å². The van der Waals surface area contributed by atoms with Crippen LogP contribution in [0.5, 0.6) is 0 Å². The number of hydrogen-bond acceptors (Lipinski definition) is 3. The zero-order chi connectivity index (χ0) is 10.7. The molecule has 15 heavy (non-hydrogen) atoms. The molecule has 1 heterocycles. The van der Waals surface area contributed by atoms with Gasteiger partial charge in [0.05, 0.1) is 19.3 Å². The lowest BCUT2D eigenvalue weighted by atomic mass is 10.1. The van der Waals surface area contributed by atoms with Gasteiger partial charge in [0.2, 0.25) is 0 Å². The third-order valence-corrected chi connectivity index (χ3v) is 2.50. The maximum absolute atomic E-state index is 9.25. The number of rotatable bonds is 2. The van der Waals surface area contributed by atoms with Crippen LogP contribution in [0.1, 0.15) is 24.5 Å². The van der Waals surface area contributed by atoms with E-state index in [9.17, 15) is 5.11 Å². The van der Waals surface area contributed by atoms with Crippen molar-refractivity contribution in [1.29, 1.82) is 0 Å². The Labute approximate surface area is 89.6 Å². The lowest BCUT2D eigenvalue weighted by Crippen LogP contribution is -2.20. The quantitative estimate of drug-likeness (QED) is 0.805. The molecule has 1 aromatic rings. The van der Waals surface area contributed by atoms with Crippen LogP contribution in [0.2, 0.25) is 0 Å². The third kappa shape index (κ3) is 2.78. The largest absolute Gasteiger partial charge is 0.393 e. The number of aliphatic hydroxyl groups is 1. The van der Waals surface area contributed by atoms with Gasteiger partial charge in [0, 0.05) is 6.42 Å². The molecule has 0 fully saturated rings. The minimum atomic E-state index is -0.392. The van der Waals surface area contributed by atoms with Gasteiger partial charge in [0.25, 0.3) is 0 Å². The summed E-state index contributed by atoms with van der Waals surface area (Å²) < 4.78 is 11.1. The normalized spacial score (nSPS) is 19.3. The van der Waals surface area contributed by atoms with Crippen molar-refractivity contribution in [2.45, 2.75) is 39.0 Å². The first-order valence-electron chi connectivity index (χ1n) is 5.24. The van der Waals surface area contributed by atoms with E-state index in [4.69, 9.17) is 9.47 Å². The zero-order valence-electron chi connectivity index (χ0n) is 8.85. The van der Waals surface area contributed by atoms with E-state index in [-0.39, 0.29) is 6.29 Å². The fourth-order valence-corrected chi connectivity index (χ4v) is 1.67. The molecule has 0 saturated heterocycles. The van der Waals surface area contributed by atoms with Gasteiger partial charge >= 0.3 is 0 Å². The van der Waals surface area contributed by atoms with Crippen LogP contribution in [0, 0.1) is 0 Å². The topological polar surface area (TPSA) is 38.7 Å². The highest BCUT2D eigenvalue weighted by molar-refractivity contribution is 5.26. The van der Waals surface area contributed by atoms with E-state index < -0.39 is 6.10 Å². The lowest BCUT2D eigenvalue weighted by molar-refractivity contribution is -0.162. The fourth-order valence-electron chi connectivity index (χ4n) is 1.67. The molecule has 1 aliphatic heterocycles. The molecule has 0 aromatic heterocycles. The summed E-state index contributed by atoms with van der Waals surface area (Å²) in [5.41, 5.74) is 2.34. The van der Waals surface area contributed by atoms with Crippen molar-refractivity contribution in [2.24, 2.45) is 0 Å². The van der Waals surface area contributed by atoms with E-state index in [1.807, 2.05) is 24.3 Å². The van der Waals surface area contributed by atoms with Crippen molar-refractivity contribution in [3.05, 3.63) is 35.4 Å². The second-order valence-electron chi connectivity index (χ2n) is 3.91. The van der Waals surface area contributed by atoms with Gasteiger partial charge in [-0.3, -0.25) is 0 Å². The number of fused-ring (bicyclic) bond motifs is 1. The average Bonchev–Trinajstić information content (AvgIpc) is 2.41. The van der Waals surface area contributed by atoms with E-state index in [0.29, 0.717) is 19.6 Å². The van der Waals surface area contributed by atoms with E-state index in [2.05, 4.69) is 0 Å². The smallest absolute Gasteiger partial charge is 0.160 e. The number of aliphatic hydroxyl groups excluding tert-OH is 1. The number of hydrogen-bond donors (Lipinski definition) is 1. The minimum Gasteiger partial charge on any atom is -0.393 e. The fraction of sp³-hybridized carbons (Fsp3) is 0.500. The molecule has 1 aromatic carbocycles. The van der Waals surface area contributed by atoms with Gasteiger partial charge in [0.1, 0.15) is 0 Å². The predicted octanol–water partition coefficient (Wildman–Crippen LogP) is 1.83. The zero-order valence-corrected chi connectivity index (χ0v) is 8.85. The maximum Gasteiger partial charge on any atom is 0.160 e. The van der Waals surface area contributed by atoms with E-state index in [1.54, 1.807) is 6.92 Å². The molecule has 0 bridgehead atoms. The van der Waals surface area contributed by atoms with Crippen LogP contribution in [-0.4, -0.2) is 17.5 Å². The maximum atomic E-state index is 9.25. The van der Waals surface area contributed by atoms with Gasteiger partial charge in [-0.2, -0.15) is 0 Å². The molecular formula is C12H16O3. The van der Waals surface area contributed by atoms with Crippen molar-refractivity contribution in [3.8, 4) is 0 Å². The molecule has 0 saturated carbocycles. The van der Waals surface area contributed by atoms with Crippen molar-refractivity contribution in [1.82, 2.24) is 0 Å². The Morgan fingerprint density at radius 3 is 2.27 bits per heavy atom. The summed E-state index contributed by atoms with van der Waals surface area (Å²) in [6.45, 7) is 2.87. The highest BCUT2D eigenvalue weighted by Gasteiger charge is 2.17. The molecule has 0 radical (unpaired) electrons. The molecule has 3 heteroatoms. The Balaban J connectivity index is 2.02. The Morgan fingerprint density at radius 2 is 1.80 bits per heavy atom. The Hall–Kier alpha value is -0.900. The monoisotopic (exact) mass is 208 g/mol. The van der Waals surface area contributed by atoms with Crippen LogP contribution < -0.4 is 0 Å². The first kappa shape index (κ1) is 10.6. The first-order chi connectivity index (χ1) is 7.25. The summed E-state index contributed by atoms with van der Waals surface area (Å²) in [6.07, 6.45) is -0.165. The van der Waals surface area contributed by atoms with Crippen molar-refractivity contribution < 1.29 is 14.6 Å². The molecule has 1 unspecified atom stereocenters. The predicted molar refractivity (Wildman–Crippen MR) is 56.1 cm³/mol. The molecular weight excluding hydrogens is 192 g/mol. The summed E-state index contributed by atoms with van der Waals surface area (Å²) in [4.78, 5) is 0. The van der Waals surface area contributed by atoms with E-state index in [1.165, 1.54) is 11.1 Å². The van der Waals surface area contributed by atoms with Gasteiger partial charge in [-0.05, 0) is 18.1 Å². The summed E-state index contributed by atoms with van der Waals surface area (Å²) in [5.74, 6) is 0. The second kappa shape index (κ2) is 4.75. The molecule has 1 aliphatic rings. The van der Waals surface area contributed by atoms with Crippen LogP contribution >= 0.6 is 0 Å². The Morgan fingerprint density at radius 1 is 1.27 bits per heavy atom. The van der Waals surface area contributed by atoms with Gasteiger partial charge in [-0.15, -0.1) is 0 Å². The summed E-state index contributed by atoms with van der Waals surface area (Å²) in [5, 5.41) is 9.25. The molecule has 0 aliphatic carbocycles. The highest BCUT2D eigenvalue weighted by Crippen LogP contribution is 2.19. The van der Waals surface area contributed by atoms with Crippen LogP contribution in [0.25, 0.3) is 0 Å². The molecule has 0 spiro atoms. The average molecular weight is 208 g/mol. The minimum absolute atomic E-state index is 0.294. The van der Waals surface area contributed by atoms with Gasteiger partial charge < -0.3 is 14.6 Å². The molecule has 1 N–H and O–H groups in total. The van der Waals surface area contributed by atoms with Crippen LogP contribution in [-0.2, 0) is 22.7 Å². The third-order valence-electron chi connectivity index (χ3n) is 2.50. The molecule has 1 atom stereocenters. The number of ether oxygens (including phenoxy) is 2. The van der Waals surface area contributed by atoms with Crippen LogP contribution in [0.15, 0.2) is 24.3 Å². The van der Waals surface area contributed by atoms with Crippen molar-refractivity contribution in [2.75, 3.05) is 0 Å². The van der Waals surface area contributed by atoms with Crippen LogP contribution in [0.3, 0.4) is 0 Å².